The van der Waals surface area contributed by atoms with Gasteiger partial charge in [-0.15, -0.1) is 0 Å². The third kappa shape index (κ3) is 15.8. The van der Waals surface area contributed by atoms with E-state index in [1.807, 2.05) is 13.8 Å². The number of phenols is 3. The van der Waals surface area contributed by atoms with Crippen LogP contribution in [-0.2, 0) is 52.6 Å². The highest BCUT2D eigenvalue weighted by Gasteiger charge is 2.51. The first-order valence-electron chi connectivity index (χ1n) is 31.6. The molecule has 7 amide bonds. The van der Waals surface area contributed by atoms with Crippen LogP contribution in [0, 0.1) is 5.92 Å². The number of carboxylic acids is 1. The Morgan fingerprint density at radius 3 is 1.90 bits per heavy atom. The molecule has 12 rings (SSSR count). The number of ether oxygens (including phenoxy) is 6. The Morgan fingerprint density at radius 1 is 0.713 bits per heavy atom. The highest BCUT2D eigenvalue weighted by molar-refractivity contribution is 6.32. The Labute approximate surface area is 584 Å². The zero-order valence-corrected chi connectivity index (χ0v) is 55.8. The molecule has 0 radical (unpaired) electrons. The van der Waals surface area contributed by atoms with Crippen LogP contribution in [-0.4, -0.2) is 191 Å². The topological polar surface area (TPSA) is 530 Å². The number of aromatic hydroxyl groups is 3. The van der Waals surface area contributed by atoms with Crippen LogP contribution in [0.3, 0.4) is 0 Å². The predicted octanol–water partition coefficient (Wildman–Crippen LogP) is 0.106. The van der Waals surface area contributed by atoms with Gasteiger partial charge >= 0.3 is 5.97 Å². The lowest BCUT2D eigenvalue weighted by molar-refractivity contribution is -0.333. The molecule has 7 heterocycles. The summed E-state index contributed by atoms with van der Waals surface area (Å²) in [5.74, 6) is -16.0. The SMILES string of the molecule is CN[C@@H](CC(C)C)C(=O)N[C@H]1C(=O)N[C@@H](CC(N)=O)C(=O)N[C@H]2C(=O)N[C@H]3C(=O)N[C@H](C(=O)N[C@H](C(=O)O)c4cc(O)cc(O)c4-c4cc3ccc4O)[C@H](O)c3ccc(c(Cl)c3)Oc3cc2cc(c3OC2OC(CO)C(O)[C@@H](O)C2O[C@H]2C[C@](C)(N)[C@H](O)C(C)O2)Oc2ccc(cc2Cl)[C@H]1O. The maximum Gasteiger partial charge on any atom is 0.330 e. The largest absolute Gasteiger partial charge is 0.508 e. The van der Waals surface area contributed by atoms with E-state index < -0.39 is 237 Å². The first-order chi connectivity index (χ1) is 47.7. The molecule has 21 N–H and O–H groups in total. The molecule has 7 aliphatic rings. The van der Waals surface area contributed by atoms with Crippen molar-refractivity contribution in [1.82, 2.24) is 37.2 Å². The Balaban J connectivity index is 1.24. The van der Waals surface area contributed by atoms with Crippen LogP contribution in [0.5, 0.6) is 46.0 Å². The van der Waals surface area contributed by atoms with Crippen LogP contribution in [0.4, 0.5) is 0 Å². The Morgan fingerprint density at radius 2 is 1.32 bits per heavy atom. The molecule has 0 spiro atoms. The molecule has 33 nitrogen and oxygen atoms in total. The number of nitrogens with two attached hydrogens (primary N) is 2. The summed E-state index contributed by atoms with van der Waals surface area (Å²) in [5, 5.41) is 131. The number of benzene rings is 5. The zero-order valence-electron chi connectivity index (χ0n) is 54.3. The smallest absolute Gasteiger partial charge is 0.330 e. The monoisotopic (exact) mass is 1450 g/mol. The van der Waals surface area contributed by atoms with E-state index in [1.54, 1.807) is 0 Å². The molecule has 5 aromatic rings. The second-order valence-corrected chi connectivity index (χ2v) is 26.5. The van der Waals surface area contributed by atoms with Gasteiger partial charge in [-0.1, -0.05) is 55.2 Å². The third-order valence-electron chi connectivity index (χ3n) is 17.8. The summed E-state index contributed by atoms with van der Waals surface area (Å²) in [6.07, 6.45) is -18.6. The Hall–Kier alpha value is -9.20. The van der Waals surface area contributed by atoms with Crippen molar-refractivity contribution in [2.24, 2.45) is 17.4 Å². The Kier molecular flexibility index (Phi) is 22.2. The number of aliphatic hydroxyl groups is 6. The summed E-state index contributed by atoms with van der Waals surface area (Å²) in [6, 6.07) is -0.679. The molecule has 0 aliphatic carbocycles. The minimum absolute atomic E-state index is 0.0975. The number of primary amides is 1. The van der Waals surface area contributed by atoms with Crippen molar-refractivity contribution in [3.8, 4) is 57.1 Å². The molecule has 0 saturated carbocycles. The van der Waals surface area contributed by atoms with Crippen molar-refractivity contribution in [3.63, 3.8) is 0 Å². The standard InChI is InChI=1S/C66H75Cl2N9O24/c1-23(2)12-34(71-5)58(88)76-49-51(83)26-7-10-38(32(67)14-26)97-40-16-28-17-41(55(40)101-65-56(54(86)53(85)42(22-78)99-65)100-44-21-66(4,70)57(87)24(3)96-44)98-39-11-8-27(15-33(39)68)52(84)50-63(93)75-48(64(94)95)31-18-29(79)19-37(81)45(31)30-13-25(6-9-36(30)80)46(60(90)77-50)74-61(91)47(28)73-59(89)35(20-43(69)82)72-62(49)92/h6-11,13-19,23-24,34-35,42,44,46-54,56-57,65,71,78-81,83-87H,12,20-22,70H2,1-5H3,(H2,69,82)(H,72,92)(H,73,89)(H,74,91)(H,75,93)(H,76,88)(H,77,90)(H,94,95)/t24?,34-,35-,42?,44-,46+,47+,48-,49+,50-,51+,52+,53?,54+,56?,57+,65?,66-/m0/s1. The summed E-state index contributed by atoms with van der Waals surface area (Å²) in [6.45, 7) is 5.66. The lowest BCUT2D eigenvalue weighted by Crippen LogP contribution is -2.64. The van der Waals surface area contributed by atoms with Crippen molar-refractivity contribution < 1.29 is 118 Å². The van der Waals surface area contributed by atoms with Crippen molar-refractivity contribution >= 4 is 70.5 Å². The van der Waals surface area contributed by atoms with Gasteiger partial charge in [-0.05, 0) is 110 Å². The lowest BCUT2D eigenvalue weighted by atomic mass is 9.86. The van der Waals surface area contributed by atoms with Gasteiger partial charge in [-0.2, -0.15) is 0 Å². The summed E-state index contributed by atoms with van der Waals surface area (Å²) in [4.78, 5) is 117. The van der Waals surface area contributed by atoms with E-state index in [0.717, 1.165) is 66.7 Å². The summed E-state index contributed by atoms with van der Waals surface area (Å²) >= 11 is 14.1. The van der Waals surface area contributed by atoms with Gasteiger partial charge in [0.1, 0.15) is 89.5 Å². The molecule has 2 saturated heterocycles. The number of phenolic OH excluding ortho intramolecular Hbond substituents is 3. The number of rotatable bonds is 13. The van der Waals surface area contributed by atoms with Crippen LogP contribution in [0.15, 0.2) is 78.9 Å². The van der Waals surface area contributed by atoms with Crippen LogP contribution < -0.4 is 62.9 Å². The average Bonchev–Trinajstić information content (AvgIpc) is 0.775. The lowest BCUT2D eigenvalue weighted by Gasteiger charge is -2.47. The van der Waals surface area contributed by atoms with Gasteiger partial charge in [0.15, 0.2) is 29.9 Å². The van der Waals surface area contributed by atoms with E-state index in [0.29, 0.717) is 0 Å². The van der Waals surface area contributed by atoms with Gasteiger partial charge in [0, 0.05) is 34.7 Å². The van der Waals surface area contributed by atoms with Crippen LogP contribution in [0.1, 0.15) is 105 Å². The van der Waals surface area contributed by atoms with Gasteiger partial charge < -0.3 is 128 Å². The van der Waals surface area contributed by atoms with Crippen LogP contribution in [0.2, 0.25) is 10.0 Å². The van der Waals surface area contributed by atoms with E-state index in [2.05, 4.69) is 37.2 Å². The highest BCUT2D eigenvalue weighted by Crippen LogP contribution is 2.50. The quantitative estimate of drug-likeness (QED) is 0.0743. The Bertz CT molecular complexity index is 4070. The first kappa shape index (κ1) is 74.5. The molecular weight excluding hydrogens is 1370 g/mol. The number of nitrogens with one attached hydrogen (secondary N) is 7. The fourth-order valence-corrected chi connectivity index (χ4v) is 12.9. The normalized spacial score (nSPS) is 29.4. The summed E-state index contributed by atoms with van der Waals surface area (Å²) in [7, 11) is 1.47. The maximum atomic E-state index is 16.0. The van der Waals surface area contributed by atoms with E-state index in [4.69, 9.17) is 63.1 Å². The molecule has 7 aliphatic heterocycles. The minimum Gasteiger partial charge on any atom is -0.508 e. The molecule has 0 aromatic heterocycles. The van der Waals surface area contributed by atoms with E-state index >= 15 is 14.4 Å². The minimum atomic E-state index is -2.35. The molecule has 542 valence electrons. The number of aliphatic carboxylic acids is 1. The van der Waals surface area contributed by atoms with Gasteiger partial charge in [-0.25, -0.2) is 4.79 Å². The molecule has 35 heteroatoms. The molecular formula is C66H75Cl2N9O24. The fraction of sp³-hybridized carbons (Fsp3) is 0.424. The van der Waals surface area contributed by atoms with Crippen molar-refractivity contribution in [2.45, 2.75) is 156 Å². The second-order valence-electron chi connectivity index (χ2n) is 25.7. The number of carbonyl (C=O) groups excluding carboxylic acids is 7. The average molecular weight is 1450 g/mol. The number of halogens is 2. The third-order valence-corrected chi connectivity index (χ3v) is 18.4. The molecule has 101 heavy (non-hydrogen) atoms. The first-order valence-corrected chi connectivity index (χ1v) is 32.4. The fourth-order valence-electron chi connectivity index (χ4n) is 12.5. The van der Waals surface area contributed by atoms with Crippen LogP contribution >= 0.6 is 23.2 Å². The zero-order chi connectivity index (χ0) is 73.5. The summed E-state index contributed by atoms with van der Waals surface area (Å²) < 4.78 is 38.3. The highest BCUT2D eigenvalue weighted by atomic mass is 35.5. The van der Waals surface area contributed by atoms with E-state index in [-0.39, 0.29) is 46.2 Å². The number of amides is 7. The molecule has 5 aromatic carbocycles. The second kappa shape index (κ2) is 30.2. The summed E-state index contributed by atoms with van der Waals surface area (Å²) in [5.41, 5.74) is 8.00. The molecule has 2 fully saturated rings. The van der Waals surface area contributed by atoms with Gasteiger partial charge in [0.25, 0.3) is 0 Å². The number of carboxylic acid groups (broad SMARTS) is 1. The van der Waals surface area contributed by atoms with Gasteiger partial charge in [-0.3, -0.25) is 33.6 Å². The number of aliphatic hydroxyl groups excluding tert-OH is 6. The van der Waals surface area contributed by atoms with Crippen molar-refractivity contribution in [1.29, 1.82) is 0 Å². The van der Waals surface area contributed by atoms with Crippen LogP contribution in [0.25, 0.3) is 11.1 Å². The number of fused-ring (bicyclic) bond motifs is 15. The van der Waals surface area contributed by atoms with Gasteiger partial charge in [0.05, 0.1) is 41.3 Å². The van der Waals surface area contributed by atoms with E-state index in [1.165, 1.54) is 33.0 Å². The molecule has 18 atom stereocenters. The van der Waals surface area contributed by atoms with Crippen molar-refractivity contribution in [3.05, 3.63) is 117 Å². The number of likely N-dealkylation sites (N-methyl/N-ethyl adjacent to an activating group) is 1. The van der Waals surface area contributed by atoms with Gasteiger partial charge in [0.2, 0.25) is 53.4 Å². The van der Waals surface area contributed by atoms with Crippen molar-refractivity contribution in [2.75, 3.05) is 13.7 Å². The maximum absolute atomic E-state index is 16.0. The number of hydrogen-bond acceptors (Lipinski definition) is 25. The van der Waals surface area contributed by atoms with E-state index in [9.17, 15) is 75.0 Å². The number of carbonyl (C=O) groups is 8. The molecule has 11 bridgehead atoms. The predicted molar refractivity (Wildman–Crippen MR) is 349 cm³/mol. The molecule has 5 unspecified atom stereocenters. The number of hydrogen-bond donors (Lipinski definition) is 19.